The lowest BCUT2D eigenvalue weighted by Crippen LogP contribution is -2.13. The Kier molecular flexibility index (Phi) is 2.86. The lowest BCUT2D eigenvalue weighted by atomic mass is 10.2. The molecule has 0 spiro atoms. The molecule has 20 heavy (non-hydrogen) atoms. The molecule has 3 N–H and O–H groups in total. The summed E-state index contributed by atoms with van der Waals surface area (Å²) < 4.78 is 0. The van der Waals surface area contributed by atoms with Crippen molar-refractivity contribution in [3.63, 3.8) is 0 Å². The third kappa shape index (κ3) is 2.33. The molecule has 0 aliphatic carbocycles. The van der Waals surface area contributed by atoms with Crippen LogP contribution in [-0.2, 0) is 0 Å². The number of hydrogen-bond donors (Lipinski definition) is 2. The van der Waals surface area contributed by atoms with E-state index in [1.54, 1.807) is 0 Å². The van der Waals surface area contributed by atoms with Crippen molar-refractivity contribution in [2.75, 3.05) is 5.73 Å². The Hall–Kier alpha value is -3.20. The van der Waals surface area contributed by atoms with Gasteiger partial charge in [-0.1, -0.05) is 24.1 Å². The van der Waals surface area contributed by atoms with E-state index in [2.05, 4.69) is 31.8 Å². The Bertz CT molecular complexity index is 890. The van der Waals surface area contributed by atoms with Crippen molar-refractivity contribution in [1.82, 2.24) is 19.9 Å². The minimum atomic E-state index is -0.427. The minimum absolute atomic E-state index is 0.0138. The largest absolute Gasteiger partial charge is 0.369 e. The number of benzene rings is 1. The number of H-pyrrole nitrogens is 1. The van der Waals surface area contributed by atoms with Crippen molar-refractivity contribution in [2.45, 2.75) is 0 Å². The Balaban J connectivity index is 2.07. The Labute approximate surface area is 113 Å². The zero-order valence-electron chi connectivity index (χ0n) is 10.3. The fourth-order valence-electron chi connectivity index (χ4n) is 1.65. The topological polar surface area (TPSA) is 97.5 Å². The Morgan fingerprint density at radius 2 is 1.90 bits per heavy atom. The minimum Gasteiger partial charge on any atom is -0.369 e. The van der Waals surface area contributed by atoms with E-state index in [1.807, 2.05) is 30.3 Å². The van der Waals surface area contributed by atoms with Crippen LogP contribution in [0.15, 0.2) is 41.3 Å². The van der Waals surface area contributed by atoms with Gasteiger partial charge in [-0.2, -0.15) is 4.98 Å². The van der Waals surface area contributed by atoms with E-state index in [0.29, 0.717) is 5.69 Å². The predicted molar refractivity (Wildman–Crippen MR) is 74.8 cm³/mol. The van der Waals surface area contributed by atoms with E-state index in [1.165, 1.54) is 6.20 Å². The van der Waals surface area contributed by atoms with Gasteiger partial charge in [0.1, 0.15) is 5.69 Å². The summed E-state index contributed by atoms with van der Waals surface area (Å²) in [6, 6.07) is 9.48. The Morgan fingerprint density at radius 1 is 1.10 bits per heavy atom. The molecule has 0 amide bonds. The van der Waals surface area contributed by atoms with E-state index < -0.39 is 5.56 Å². The molecule has 0 aliphatic heterocycles. The lowest BCUT2D eigenvalue weighted by Gasteiger charge is -1.97. The van der Waals surface area contributed by atoms with Crippen LogP contribution in [0.1, 0.15) is 11.3 Å². The van der Waals surface area contributed by atoms with E-state index in [9.17, 15) is 4.79 Å². The van der Waals surface area contributed by atoms with Crippen molar-refractivity contribution >= 4 is 17.1 Å². The molecule has 6 heteroatoms. The molecular weight excluding hydrogens is 254 g/mol. The van der Waals surface area contributed by atoms with E-state index in [-0.39, 0.29) is 17.1 Å². The summed E-state index contributed by atoms with van der Waals surface area (Å²) in [6.07, 6.45) is 1.46. The highest BCUT2D eigenvalue weighted by molar-refractivity contribution is 5.69. The predicted octanol–water partition coefficient (Wildman–Crippen LogP) is 0.695. The first kappa shape index (κ1) is 11.9. The standard InChI is InChI=1S/C14H9N5O/c15-14-18-12-11(13(20)19-14)17-10(8-16-12)7-6-9-4-2-1-3-5-9/h1-5,8H,(H3,15,16,18,19,20). The number of nitrogen functional groups attached to an aromatic ring is 1. The van der Waals surface area contributed by atoms with Crippen molar-refractivity contribution in [3.05, 3.63) is 58.1 Å². The summed E-state index contributed by atoms with van der Waals surface area (Å²) >= 11 is 0. The highest BCUT2D eigenvalue weighted by Crippen LogP contribution is 2.02. The molecule has 0 radical (unpaired) electrons. The highest BCUT2D eigenvalue weighted by Gasteiger charge is 2.05. The molecule has 96 valence electrons. The van der Waals surface area contributed by atoms with Gasteiger partial charge in [-0.15, -0.1) is 0 Å². The summed E-state index contributed by atoms with van der Waals surface area (Å²) in [4.78, 5) is 26.1. The van der Waals surface area contributed by atoms with Gasteiger partial charge in [0, 0.05) is 5.56 Å². The van der Waals surface area contributed by atoms with Gasteiger partial charge in [-0.3, -0.25) is 9.78 Å². The molecule has 0 unspecified atom stereocenters. The molecule has 1 aromatic carbocycles. The molecule has 0 fully saturated rings. The molecule has 6 nitrogen and oxygen atoms in total. The zero-order chi connectivity index (χ0) is 13.9. The number of rotatable bonds is 0. The highest BCUT2D eigenvalue weighted by atomic mass is 16.1. The molecule has 3 rings (SSSR count). The van der Waals surface area contributed by atoms with Crippen LogP contribution < -0.4 is 11.3 Å². The summed E-state index contributed by atoms with van der Waals surface area (Å²) in [7, 11) is 0. The molecule has 0 saturated heterocycles. The number of nitrogens with two attached hydrogens (primary N) is 1. The maximum absolute atomic E-state index is 11.7. The van der Waals surface area contributed by atoms with Crippen LogP contribution in [0.4, 0.5) is 5.95 Å². The first-order valence-corrected chi connectivity index (χ1v) is 5.82. The maximum Gasteiger partial charge on any atom is 0.280 e. The van der Waals surface area contributed by atoms with Crippen LogP contribution in [0.3, 0.4) is 0 Å². The number of hydrogen-bond acceptors (Lipinski definition) is 5. The molecule has 2 aromatic heterocycles. The van der Waals surface area contributed by atoms with Crippen molar-refractivity contribution in [3.8, 4) is 11.8 Å². The van der Waals surface area contributed by atoms with Gasteiger partial charge in [0.2, 0.25) is 5.95 Å². The average Bonchev–Trinajstić information content (AvgIpc) is 2.46. The van der Waals surface area contributed by atoms with Crippen LogP contribution in [0.5, 0.6) is 0 Å². The van der Waals surface area contributed by atoms with Gasteiger partial charge in [-0.05, 0) is 18.1 Å². The van der Waals surface area contributed by atoms with E-state index in [4.69, 9.17) is 5.73 Å². The van der Waals surface area contributed by atoms with Gasteiger partial charge in [0.25, 0.3) is 5.56 Å². The van der Waals surface area contributed by atoms with Crippen LogP contribution >= 0.6 is 0 Å². The summed E-state index contributed by atoms with van der Waals surface area (Å²) in [6.45, 7) is 0. The number of anilines is 1. The number of aromatic nitrogens is 4. The van der Waals surface area contributed by atoms with Gasteiger partial charge in [0.15, 0.2) is 11.2 Å². The van der Waals surface area contributed by atoms with Crippen LogP contribution in [0.2, 0.25) is 0 Å². The second-order valence-electron chi connectivity index (χ2n) is 3.99. The number of aromatic amines is 1. The van der Waals surface area contributed by atoms with Crippen molar-refractivity contribution < 1.29 is 0 Å². The first-order chi connectivity index (χ1) is 9.72. The number of nitrogens with one attached hydrogen (secondary N) is 1. The fraction of sp³-hybridized carbons (Fsp3) is 0. The molecule has 3 aromatic rings. The van der Waals surface area contributed by atoms with Crippen LogP contribution in [0, 0.1) is 11.8 Å². The third-order valence-electron chi connectivity index (χ3n) is 2.54. The van der Waals surface area contributed by atoms with Crippen LogP contribution in [-0.4, -0.2) is 19.9 Å². The number of nitrogens with zero attached hydrogens (tertiary/aromatic N) is 3. The summed E-state index contributed by atoms with van der Waals surface area (Å²) in [5.74, 6) is 5.82. The van der Waals surface area contributed by atoms with Crippen molar-refractivity contribution in [1.29, 1.82) is 0 Å². The van der Waals surface area contributed by atoms with Crippen molar-refractivity contribution in [2.24, 2.45) is 0 Å². The van der Waals surface area contributed by atoms with Crippen LogP contribution in [0.25, 0.3) is 11.2 Å². The molecule has 0 atom stereocenters. The third-order valence-corrected chi connectivity index (χ3v) is 2.54. The Morgan fingerprint density at radius 3 is 2.70 bits per heavy atom. The normalized spacial score (nSPS) is 10.0. The van der Waals surface area contributed by atoms with E-state index >= 15 is 0 Å². The van der Waals surface area contributed by atoms with Gasteiger partial charge >= 0.3 is 0 Å². The second kappa shape index (κ2) is 4.82. The molecule has 0 bridgehead atoms. The molecular formula is C14H9N5O. The van der Waals surface area contributed by atoms with Gasteiger partial charge < -0.3 is 5.73 Å². The summed E-state index contributed by atoms with van der Waals surface area (Å²) in [5.41, 5.74) is 6.60. The lowest BCUT2D eigenvalue weighted by molar-refractivity contribution is 1.11. The first-order valence-electron chi connectivity index (χ1n) is 5.82. The maximum atomic E-state index is 11.7. The number of fused-ring (bicyclic) bond motifs is 1. The smallest absolute Gasteiger partial charge is 0.280 e. The molecule has 2 heterocycles. The monoisotopic (exact) mass is 263 g/mol. The zero-order valence-corrected chi connectivity index (χ0v) is 10.3. The molecule has 0 saturated carbocycles. The second-order valence-corrected chi connectivity index (χ2v) is 3.99. The van der Waals surface area contributed by atoms with Gasteiger partial charge in [0.05, 0.1) is 6.20 Å². The average molecular weight is 263 g/mol. The fourth-order valence-corrected chi connectivity index (χ4v) is 1.65. The SMILES string of the molecule is Nc1nc2ncc(C#Cc3ccccc3)nc2c(=O)[nH]1. The van der Waals surface area contributed by atoms with Gasteiger partial charge in [-0.25, -0.2) is 9.97 Å². The summed E-state index contributed by atoms with van der Waals surface area (Å²) in [5, 5.41) is 0. The van der Waals surface area contributed by atoms with E-state index in [0.717, 1.165) is 5.56 Å². The quantitative estimate of drug-likeness (QED) is 0.582. The molecule has 0 aliphatic rings.